The molecular formula is C26H36N2O3S. The molecule has 3 rings (SSSR count). The zero-order valence-corrected chi connectivity index (χ0v) is 20.4. The Balaban J connectivity index is 1.43. The van der Waals surface area contributed by atoms with Crippen molar-refractivity contribution in [2.45, 2.75) is 89.5 Å². The molecule has 1 aliphatic heterocycles. The molecule has 1 saturated heterocycles. The van der Waals surface area contributed by atoms with Crippen LogP contribution in [0.5, 0.6) is 5.75 Å². The maximum absolute atomic E-state index is 12.3. The van der Waals surface area contributed by atoms with Crippen LogP contribution in [0, 0.1) is 5.92 Å². The highest BCUT2D eigenvalue weighted by Crippen LogP contribution is 2.34. The largest absolute Gasteiger partial charge is 0.425 e. The van der Waals surface area contributed by atoms with E-state index in [1.807, 2.05) is 36.7 Å². The number of rotatable bonds is 14. The highest BCUT2D eigenvalue weighted by molar-refractivity contribution is 7.99. The molecule has 32 heavy (non-hydrogen) atoms. The third-order valence-electron chi connectivity index (χ3n) is 6.03. The highest BCUT2D eigenvalue weighted by atomic mass is 32.2. The summed E-state index contributed by atoms with van der Waals surface area (Å²) in [6.45, 7) is 6.50. The van der Waals surface area contributed by atoms with E-state index in [0.29, 0.717) is 11.7 Å². The van der Waals surface area contributed by atoms with E-state index in [4.69, 9.17) is 9.47 Å². The van der Waals surface area contributed by atoms with Gasteiger partial charge in [0.25, 0.3) is 0 Å². The fourth-order valence-electron chi connectivity index (χ4n) is 3.90. The second kappa shape index (κ2) is 12.9. The van der Waals surface area contributed by atoms with Crippen LogP contribution in [0.4, 0.5) is 0 Å². The van der Waals surface area contributed by atoms with Crippen LogP contribution in [0.15, 0.2) is 41.8 Å². The van der Waals surface area contributed by atoms with Crippen molar-refractivity contribution in [2.24, 2.45) is 5.92 Å². The molecule has 6 heteroatoms. The van der Waals surface area contributed by atoms with Gasteiger partial charge in [0.1, 0.15) is 5.75 Å². The van der Waals surface area contributed by atoms with E-state index in [1.54, 1.807) is 11.8 Å². The summed E-state index contributed by atoms with van der Waals surface area (Å²) in [4.78, 5) is 21.3. The number of nitrogens with zero attached hydrogens (tertiary/aromatic N) is 2. The zero-order valence-electron chi connectivity index (χ0n) is 19.6. The lowest BCUT2D eigenvalue weighted by atomic mass is 9.97. The Morgan fingerprint density at radius 2 is 1.62 bits per heavy atom. The fraction of sp³-hybridized carbons (Fsp3) is 0.577. The van der Waals surface area contributed by atoms with Gasteiger partial charge in [0.15, 0.2) is 11.3 Å². The first-order valence-corrected chi connectivity index (χ1v) is 13.1. The van der Waals surface area contributed by atoms with E-state index < -0.39 is 6.10 Å². The smallest absolute Gasteiger partial charge is 0.343 e. The summed E-state index contributed by atoms with van der Waals surface area (Å²) < 4.78 is 11.1. The van der Waals surface area contributed by atoms with E-state index in [9.17, 15) is 4.79 Å². The number of esters is 1. The number of benzene rings is 1. The van der Waals surface area contributed by atoms with Gasteiger partial charge >= 0.3 is 5.97 Å². The summed E-state index contributed by atoms with van der Waals surface area (Å²) >= 11 is 1.72. The summed E-state index contributed by atoms with van der Waals surface area (Å²) in [5.41, 5.74) is 1.95. The van der Waals surface area contributed by atoms with Gasteiger partial charge in [-0.1, -0.05) is 89.6 Å². The molecule has 1 aromatic heterocycles. The topological polar surface area (TPSA) is 64.6 Å². The molecule has 0 N–H and O–H groups in total. The Morgan fingerprint density at radius 3 is 2.28 bits per heavy atom. The Morgan fingerprint density at radius 1 is 0.969 bits per heavy atom. The van der Waals surface area contributed by atoms with Crippen molar-refractivity contribution in [1.29, 1.82) is 0 Å². The van der Waals surface area contributed by atoms with Crippen LogP contribution < -0.4 is 4.74 Å². The van der Waals surface area contributed by atoms with Gasteiger partial charge in [0.2, 0.25) is 0 Å². The van der Waals surface area contributed by atoms with Gasteiger partial charge in [-0.05, 0) is 30.0 Å². The maximum atomic E-state index is 12.3. The lowest BCUT2D eigenvalue weighted by molar-refractivity contribution is -0.135. The SMILES string of the molecule is CCCCCCCCSc1ncc(-c2ccc(OC(=O)[C@@H]3O[C@H]3C(CC)CC)cc2)cn1. The number of epoxide rings is 1. The van der Waals surface area contributed by atoms with Crippen LogP contribution in [0.2, 0.25) is 0 Å². The average Bonchev–Trinajstić information content (AvgIpc) is 3.61. The van der Waals surface area contributed by atoms with E-state index in [-0.39, 0.29) is 12.1 Å². The van der Waals surface area contributed by atoms with Crippen molar-refractivity contribution in [3.05, 3.63) is 36.7 Å². The molecule has 2 aromatic rings. The molecule has 2 atom stereocenters. The molecule has 0 saturated carbocycles. The van der Waals surface area contributed by atoms with Crippen LogP contribution >= 0.6 is 11.8 Å². The van der Waals surface area contributed by atoms with Crippen molar-refractivity contribution in [3.63, 3.8) is 0 Å². The first-order valence-electron chi connectivity index (χ1n) is 12.1. The van der Waals surface area contributed by atoms with Crippen LogP contribution in [-0.4, -0.2) is 33.9 Å². The molecule has 0 unspecified atom stereocenters. The predicted molar refractivity (Wildman–Crippen MR) is 130 cm³/mol. The summed E-state index contributed by atoms with van der Waals surface area (Å²) in [6.07, 6.45) is 13.1. The number of carbonyl (C=O) groups is 1. The first-order chi connectivity index (χ1) is 15.7. The predicted octanol–water partition coefficient (Wildman–Crippen LogP) is 6.71. The van der Waals surface area contributed by atoms with Gasteiger partial charge in [-0.15, -0.1) is 0 Å². The van der Waals surface area contributed by atoms with Crippen molar-refractivity contribution in [2.75, 3.05) is 5.75 Å². The number of aromatic nitrogens is 2. The lowest BCUT2D eigenvalue weighted by Gasteiger charge is -2.08. The second-order valence-electron chi connectivity index (χ2n) is 8.41. The minimum atomic E-state index is -0.422. The van der Waals surface area contributed by atoms with E-state index >= 15 is 0 Å². The summed E-state index contributed by atoms with van der Waals surface area (Å²) in [7, 11) is 0. The molecule has 0 amide bonds. The zero-order chi connectivity index (χ0) is 22.8. The van der Waals surface area contributed by atoms with Crippen molar-refractivity contribution < 1.29 is 14.3 Å². The van der Waals surface area contributed by atoms with E-state index in [2.05, 4.69) is 30.7 Å². The standard InChI is InChI=1S/C26H36N2O3S/c1-4-7-8-9-10-11-16-32-26-27-17-21(18-28-26)20-12-14-22(15-13-20)30-25(29)24-23(31-24)19(5-2)6-3/h12-15,17-19,23-24H,4-11,16H2,1-3H3/t23-,24+/m0/s1. The molecule has 1 aromatic carbocycles. The highest BCUT2D eigenvalue weighted by Gasteiger charge is 2.49. The van der Waals surface area contributed by atoms with Gasteiger partial charge in [0, 0.05) is 23.7 Å². The van der Waals surface area contributed by atoms with Gasteiger partial charge in [-0.25, -0.2) is 14.8 Å². The monoisotopic (exact) mass is 456 g/mol. The second-order valence-corrected chi connectivity index (χ2v) is 9.48. The molecular weight excluding hydrogens is 420 g/mol. The van der Waals surface area contributed by atoms with Crippen molar-refractivity contribution >= 4 is 17.7 Å². The van der Waals surface area contributed by atoms with E-state index in [1.165, 1.54) is 38.5 Å². The molecule has 1 aliphatic rings. The van der Waals surface area contributed by atoms with Gasteiger partial charge < -0.3 is 9.47 Å². The molecule has 0 spiro atoms. The van der Waals surface area contributed by atoms with Crippen molar-refractivity contribution in [3.8, 4) is 16.9 Å². The minimum absolute atomic E-state index is 0.00589. The normalized spacial score (nSPS) is 17.5. The summed E-state index contributed by atoms with van der Waals surface area (Å²) in [6, 6.07) is 7.47. The molecule has 0 bridgehead atoms. The number of unbranched alkanes of at least 4 members (excludes halogenated alkanes) is 5. The molecule has 0 radical (unpaired) electrons. The Kier molecular flexibility index (Phi) is 10.0. The molecule has 174 valence electrons. The lowest BCUT2D eigenvalue weighted by Crippen LogP contribution is -2.20. The van der Waals surface area contributed by atoms with Crippen LogP contribution in [0.25, 0.3) is 11.1 Å². The summed E-state index contributed by atoms with van der Waals surface area (Å²) in [5.74, 6) is 1.71. The fourth-order valence-corrected chi connectivity index (χ4v) is 4.69. The van der Waals surface area contributed by atoms with Gasteiger partial charge in [-0.2, -0.15) is 0 Å². The number of hydrogen-bond donors (Lipinski definition) is 0. The number of ether oxygens (including phenoxy) is 2. The Bertz CT molecular complexity index is 822. The van der Waals surface area contributed by atoms with Crippen LogP contribution in [0.1, 0.15) is 72.1 Å². The third-order valence-corrected chi connectivity index (χ3v) is 7.00. The first kappa shape index (κ1) is 24.7. The summed E-state index contributed by atoms with van der Waals surface area (Å²) in [5, 5.41) is 0.823. The molecule has 0 aliphatic carbocycles. The number of carbonyl (C=O) groups excluding carboxylic acids is 1. The Hall–Kier alpha value is -1.92. The molecule has 2 heterocycles. The average molecular weight is 457 g/mol. The minimum Gasteiger partial charge on any atom is -0.425 e. The number of thioether (sulfide) groups is 1. The van der Waals surface area contributed by atoms with Gasteiger partial charge in [-0.3, -0.25) is 0 Å². The quantitative estimate of drug-likeness (QED) is 0.0786. The third kappa shape index (κ3) is 7.31. The Labute approximate surface area is 196 Å². The van der Waals surface area contributed by atoms with Gasteiger partial charge in [0.05, 0.1) is 6.10 Å². The van der Waals surface area contributed by atoms with E-state index in [0.717, 1.165) is 34.9 Å². The molecule has 5 nitrogen and oxygen atoms in total. The van der Waals surface area contributed by atoms with Crippen molar-refractivity contribution in [1.82, 2.24) is 9.97 Å². The molecule has 1 fully saturated rings. The maximum Gasteiger partial charge on any atom is 0.343 e. The van der Waals surface area contributed by atoms with Crippen LogP contribution in [0.3, 0.4) is 0 Å². The number of hydrogen-bond acceptors (Lipinski definition) is 6. The van der Waals surface area contributed by atoms with Crippen LogP contribution in [-0.2, 0) is 9.53 Å².